The summed E-state index contributed by atoms with van der Waals surface area (Å²) in [5.41, 5.74) is 0.518. The largest absolute Gasteiger partial charge is 0.481 e. The van der Waals surface area contributed by atoms with E-state index < -0.39 is 11.8 Å². The first-order valence-electron chi connectivity index (χ1n) is 6.56. The van der Waals surface area contributed by atoms with Crippen molar-refractivity contribution in [1.82, 2.24) is 10.1 Å². The molecule has 1 aliphatic carbocycles. The second kappa shape index (κ2) is 5.55. The Bertz CT molecular complexity index is 668. The Morgan fingerprint density at radius 2 is 2.19 bits per heavy atom. The third-order valence-corrected chi connectivity index (χ3v) is 4.15. The van der Waals surface area contributed by atoms with Crippen molar-refractivity contribution in [3.8, 4) is 11.4 Å². The van der Waals surface area contributed by atoms with Gasteiger partial charge in [0.15, 0.2) is 0 Å². The number of carboxylic acid groups (broad SMARTS) is 1. The maximum absolute atomic E-state index is 13.4. The van der Waals surface area contributed by atoms with Gasteiger partial charge in [-0.05, 0) is 37.5 Å². The Morgan fingerprint density at radius 1 is 1.38 bits per heavy atom. The number of aliphatic carboxylic acids is 1. The first kappa shape index (κ1) is 14.2. The summed E-state index contributed by atoms with van der Waals surface area (Å²) in [5.74, 6) is -0.833. The van der Waals surface area contributed by atoms with Crippen molar-refractivity contribution < 1.29 is 18.8 Å². The predicted molar refractivity (Wildman–Crippen MR) is 75.1 cm³/mol. The van der Waals surface area contributed by atoms with Crippen LogP contribution in [0.15, 0.2) is 27.2 Å². The predicted octanol–water partition coefficient (Wildman–Crippen LogP) is 3.61. The zero-order valence-electron chi connectivity index (χ0n) is 10.9. The van der Waals surface area contributed by atoms with Gasteiger partial charge in [-0.3, -0.25) is 4.79 Å². The summed E-state index contributed by atoms with van der Waals surface area (Å²) in [6.45, 7) is 0. The summed E-state index contributed by atoms with van der Waals surface area (Å²) in [5, 5.41) is 12.9. The number of carboxylic acids is 1. The third-order valence-electron chi connectivity index (χ3n) is 3.69. The number of benzene rings is 1. The Morgan fingerprint density at radius 3 is 2.86 bits per heavy atom. The molecule has 0 saturated heterocycles. The number of hydrogen-bond donors (Lipinski definition) is 1. The minimum absolute atomic E-state index is 0.0376. The van der Waals surface area contributed by atoms with Crippen LogP contribution >= 0.6 is 15.9 Å². The molecule has 21 heavy (non-hydrogen) atoms. The van der Waals surface area contributed by atoms with E-state index in [0.717, 1.165) is 0 Å². The lowest BCUT2D eigenvalue weighted by molar-refractivity contribution is -0.141. The molecule has 0 bridgehead atoms. The molecular weight excluding hydrogens is 343 g/mol. The molecule has 1 aliphatic rings. The molecule has 1 saturated carbocycles. The molecular formula is C14H12BrFN2O3. The highest BCUT2D eigenvalue weighted by atomic mass is 79.9. The lowest BCUT2D eigenvalue weighted by Gasteiger charge is -2.02. The van der Waals surface area contributed by atoms with Gasteiger partial charge in [0.05, 0.1) is 5.92 Å². The van der Waals surface area contributed by atoms with Crippen LogP contribution < -0.4 is 0 Å². The summed E-state index contributed by atoms with van der Waals surface area (Å²) < 4.78 is 19.2. The maximum atomic E-state index is 13.4. The van der Waals surface area contributed by atoms with Crippen LogP contribution in [-0.2, 0) is 4.79 Å². The van der Waals surface area contributed by atoms with Crippen molar-refractivity contribution >= 4 is 21.9 Å². The first-order chi connectivity index (χ1) is 10.0. The molecule has 0 amide bonds. The van der Waals surface area contributed by atoms with E-state index >= 15 is 0 Å². The molecule has 1 fully saturated rings. The standard InChI is InChI=1S/C14H12BrFN2O3/c15-10-4-9(5-11(16)6-10)12-17-13(21-18-12)7-1-2-8(3-7)14(19)20/h4-8H,1-3H2,(H,19,20). The van der Waals surface area contributed by atoms with E-state index in [9.17, 15) is 9.18 Å². The first-order valence-corrected chi connectivity index (χ1v) is 7.35. The van der Waals surface area contributed by atoms with Gasteiger partial charge in [0, 0.05) is 16.0 Å². The van der Waals surface area contributed by atoms with Gasteiger partial charge in [0.25, 0.3) is 0 Å². The second-order valence-corrected chi connectivity index (χ2v) is 6.08. The molecule has 0 spiro atoms. The normalized spacial score (nSPS) is 21.6. The molecule has 1 heterocycles. The summed E-state index contributed by atoms with van der Waals surface area (Å²) in [7, 11) is 0. The molecule has 2 unspecified atom stereocenters. The Labute approximate surface area is 128 Å². The fraction of sp³-hybridized carbons (Fsp3) is 0.357. The third kappa shape index (κ3) is 2.97. The molecule has 2 aromatic rings. The van der Waals surface area contributed by atoms with Crippen LogP contribution in [0.2, 0.25) is 0 Å². The van der Waals surface area contributed by atoms with Crippen LogP contribution in [0.1, 0.15) is 31.1 Å². The summed E-state index contributed by atoms with van der Waals surface area (Å²) >= 11 is 3.22. The Kier molecular flexibility index (Phi) is 3.75. The smallest absolute Gasteiger partial charge is 0.306 e. The van der Waals surface area contributed by atoms with Gasteiger partial charge < -0.3 is 9.63 Å². The van der Waals surface area contributed by atoms with Crippen LogP contribution in [0.3, 0.4) is 0 Å². The topological polar surface area (TPSA) is 76.2 Å². The Hall–Kier alpha value is -1.76. The number of rotatable bonds is 3. The SMILES string of the molecule is O=C(O)C1CCC(c2nc(-c3cc(F)cc(Br)c3)no2)C1. The number of hydrogen-bond acceptors (Lipinski definition) is 4. The van der Waals surface area contributed by atoms with E-state index in [2.05, 4.69) is 26.1 Å². The lowest BCUT2D eigenvalue weighted by Crippen LogP contribution is -2.09. The highest BCUT2D eigenvalue weighted by Gasteiger charge is 2.33. The zero-order chi connectivity index (χ0) is 15.0. The number of aromatic nitrogens is 2. The molecule has 2 atom stereocenters. The molecule has 3 rings (SSSR count). The van der Waals surface area contributed by atoms with Gasteiger partial charge in [-0.2, -0.15) is 4.98 Å². The van der Waals surface area contributed by atoms with E-state index in [1.807, 2.05) is 0 Å². The molecule has 1 aromatic carbocycles. The molecule has 5 nitrogen and oxygen atoms in total. The van der Waals surface area contributed by atoms with Crippen LogP contribution in [-0.4, -0.2) is 21.2 Å². The highest BCUT2D eigenvalue weighted by molar-refractivity contribution is 9.10. The van der Waals surface area contributed by atoms with Crippen molar-refractivity contribution in [2.45, 2.75) is 25.2 Å². The summed E-state index contributed by atoms with van der Waals surface area (Å²) in [4.78, 5) is 15.2. The van der Waals surface area contributed by atoms with Crippen molar-refractivity contribution in [1.29, 1.82) is 0 Å². The van der Waals surface area contributed by atoms with Gasteiger partial charge >= 0.3 is 5.97 Å². The zero-order valence-corrected chi connectivity index (χ0v) is 12.5. The van der Waals surface area contributed by atoms with E-state index in [0.29, 0.717) is 41.0 Å². The van der Waals surface area contributed by atoms with Gasteiger partial charge in [0.2, 0.25) is 11.7 Å². The number of nitrogens with zero attached hydrogens (tertiary/aromatic N) is 2. The van der Waals surface area contributed by atoms with Crippen LogP contribution in [0.25, 0.3) is 11.4 Å². The average molecular weight is 355 g/mol. The second-order valence-electron chi connectivity index (χ2n) is 5.16. The quantitative estimate of drug-likeness (QED) is 0.910. The molecule has 1 N–H and O–H groups in total. The number of carbonyl (C=O) groups is 1. The number of halogens is 2. The molecule has 0 radical (unpaired) electrons. The van der Waals surface area contributed by atoms with Crippen LogP contribution in [0, 0.1) is 11.7 Å². The van der Waals surface area contributed by atoms with E-state index in [4.69, 9.17) is 9.63 Å². The summed E-state index contributed by atoms with van der Waals surface area (Å²) in [6.07, 6.45) is 1.83. The van der Waals surface area contributed by atoms with Crippen LogP contribution in [0.5, 0.6) is 0 Å². The Balaban J connectivity index is 1.82. The maximum Gasteiger partial charge on any atom is 0.306 e. The minimum Gasteiger partial charge on any atom is -0.481 e. The monoisotopic (exact) mass is 354 g/mol. The van der Waals surface area contributed by atoms with Gasteiger partial charge in [-0.1, -0.05) is 21.1 Å². The molecule has 0 aliphatic heterocycles. The fourth-order valence-electron chi connectivity index (χ4n) is 2.63. The molecule has 1 aromatic heterocycles. The van der Waals surface area contributed by atoms with Gasteiger partial charge in [0.1, 0.15) is 5.82 Å². The van der Waals surface area contributed by atoms with Gasteiger partial charge in [-0.15, -0.1) is 0 Å². The van der Waals surface area contributed by atoms with E-state index in [1.165, 1.54) is 12.1 Å². The van der Waals surface area contributed by atoms with E-state index in [-0.39, 0.29) is 11.8 Å². The van der Waals surface area contributed by atoms with E-state index in [1.54, 1.807) is 6.07 Å². The van der Waals surface area contributed by atoms with Crippen molar-refractivity contribution in [2.75, 3.05) is 0 Å². The summed E-state index contributed by atoms with van der Waals surface area (Å²) in [6, 6.07) is 4.37. The minimum atomic E-state index is -0.786. The lowest BCUT2D eigenvalue weighted by atomic mass is 10.1. The highest BCUT2D eigenvalue weighted by Crippen LogP contribution is 2.38. The molecule has 7 heteroatoms. The molecule has 110 valence electrons. The van der Waals surface area contributed by atoms with Gasteiger partial charge in [-0.25, -0.2) is 4.39 Å². The van der Waals surface area contributed by atoms with Crippen LogP contribution in [0.4, 0.5) is 4.39 Å². The average Bonchev–Trinajstić information content (AvgIpc) is 3.07. The van der Waals surface area contributed by atoms with Crippen molar-refractivity contribution in [3.63, 3.8) is 0 Å². The fourth-order valence-corrected chi connectivity index (χ4v) is 3.10. The van der Waals surface area contributed by atoms with Crippen molar-refractivity contribution in [2.24, 2.45) is 5.92 Å². The van der Waals surface area contributed by atoms with Crippen molar-refractivity contribution in [3.05, 3.63) is 34.4 Å².